The molecule has 0 radical (unpaired) electrons. The van der Waals surface area contributed by atoms with Crippen molar-refractivity contribution in [3.63, 3.8) is 0 Å². The van der Waals surface area contributed by atoms with Crippen LogP contribution >= 0.6 is 0 Å². The summed E-state index contributed by atoms with van der Waals surface area (Å²) in [7, 11) is 0. The second-order valence-corrected chi connectivity index (χ2v) is 4.83. The lowest BCUT2D eigenvalue weighted by Gasteiger charge is -2.34. The summed E-state index contributed by atoms with van der Waals surface area (Å²) in [5.41, 5.74) is 6.54. The minimum absolute atomic E-state index is 0.316. The van der Waals surface area contributed by atoms with Crippen molar-refractivity contribution in [3.05, 3.63) is 0 Å². The summed E-state index contributed by atoms with van der Waals surface area (Å²) in [5.74, 6) is 3.12. The molecule has 2 atom stereocenters. The van der Waals surface area contributed by atoms with Crippen molar-refractivity contribution in [1.29, 1.82) is 0 Å². The molecule has 0 aromatic heterocycles. The second-order valence-electron chi connectivity index (χ2n) is 4.83. The summed E-state index contributed by atoms with van der Waals surface area (Å²) in [4.78, 5) is 0. The molecule has 4 aliphatic carbocycles. The molecular formula is C9H15N. The third-order valence-corrected chi connectivity index (χ3v) is 3.97. The molecule has 0 heterocycles. The van der Waals surface area contributed by atoms with Gasteiger partial charge in [-0.25, -0.2) is 0 Å². The second kappa shape index (κ2) is 1.42. The first-order valence-corrected chi connectivity index (χ1v) is 4.54. The molecule has 56 valence electrons. The van der Waals surface area contributed by atoms with Crippen molar-refractivity contribution >= 4 is 0 Å². The first kappa shape index (κ1) is 5.59. The third-order valence-electron chi connectivity index (χ3n) is 3.97. The Labute approximate surface area is 62.0 Å². The first-order chi connectivity index (χ1) is 4.75. The fraction of sp³-hybridized carbons (Fsp3) is 1.00. The SMILES string of the molecule is NC12CC3CC(C1)C(C3)C2. The Balaban J connectivity index is 2.01. The average Bonchev–Trinajstić information content (AvgIpc) is 2.16. The Kier molecular flexibility index (Phi) is 0.797. The molecule has 1 nitrogen and oxygen atoms in total. The molecule has 0 saturated heterocycles. The zero-order valence-electron chi connectivity index (χ0n) is 6.34. The maximum atomic E-state index is 6.22. The van der Waals surface area contributed by atoms with Crippen molar-refractivity contribution in [2.24, 2.45) is 23.5 Å². The number of nitrogens with two attached hydrogens (primary N) is 1. The van der Waals surface area contributed by atoms with Gasteiger partial charge in [-0.05, 0) is 49.9 Å². The van der Waals surface area contributed by atoms with Crippen LogP contribution in [0.2, 0.25) is 0 Å². The van der Waals surface area contributed by atoms with Crippen molar-refractivity contribution < 1.29 is 0 Å². The number of rotatable bonds is 0. The summed E-state index contributed by atoms with van der Waals surface area (Å²) in [6.45, 7) is 0. The van der Waals surface area contributed by atoms with Crippen LogP contribution in [-0.2, 0) is 0 Å². The Hall–Kier alpha value is -0.0400. The molecule has 4 fully saturated rings. The van der Waals surface area contributed by atoms with Crippen LogP contribution in [0.5, 0.6) is 0 Å². The van der Waals surface area contributed by atoms with E-state index in [-0.39, 0.29) is 0 Å². The van der Waals surface area contributed by atoms with Gasteiger partial charge in [-0.2, -0.15) is 0 Å². The van der Waals surface area contributed by atoms with Gasteiger partial charge in [0.05, 0.1) is 0 Å². The van der Waals surface area contributed by atoms with Crippen molar-refractivity contribution in [1.82, 2.24) is 0 Å². The predicted molar refractivity (Wildman–Crippen MR) is 40.5 cm³/mol. The Morgan fingerprint density at radius 3 is 2.00 bits per heavy atom. The topological polar surface area (TPSA) is 26.0 Å². The Morgan fingerprint density at radius 1 is 1.00 bits per heavy atom. The molecule has 4 bridgehead atoms. The van der Waals surface area contributed by atoms with E-state index in [0.717, 1.165) is 17.8 Å². The summed E-state index contributed by atoms with van der Waals surface area (Å²) >= 11 is 0. The maximum absolute atomic E-state index is 6.22. The molecule has 0 aromatic carbocycles. The fourth-order valence-corrected chi connectivity index (χ4v) is 3.87. The van der Waals surface area contributed by atoms with E-state index in [1.54, 1.807) is 0 Å². The van der Waals surface area contributed by atoms with Gasteiger partial charge in [-0.15, -0.1) is 0 Å². The van der Waals surface area contributed by atoms with Gasteiger partial charge in [0.2, 0.25) is 0 Å². The quantitative estimate of drug-likeness (QED) is 0.538. The lowest BCUT2D eigenvalue weighted by Crippen LogP contribution is -2.42. The van der Waals surface area contributed by atoms with Crippen molar-refractivity contribution in [2.75, 3.05) is 0 Å². The maximum Gasteiger partial charge on any atom is 0.0162 e. The van der Waals surface area contributed by atoms with Crippen molar-refractivity contribution in [3.8, 4) is 0 Å². The molecule has 4 aliphatic rings. The molecular weight excluding hydrogens is 122 g/mol. The van der Waals surface area contributed by atoms with E-state index in [9.17, 15) is 0 Å². The van der Waals surface area contributed by atoms with Crippen LogP contribution in [0.25, 0.3) is 0 Å². The molecule has 4 rings (SSSR count). The van der Waals surface area contributed by atoms with Gasteiger partial charge in [0.1, 0.15) is 0 Å². The minimum atomic E-state index is 0.316. The zero-order chi connectivity index (χ0) is 6.77. The highest BCUT2D eigenvalue weighted by Crippen LogP contribution is 2.58. The molecule has 1 heteroatoms. The Morgan fingerprint density at radius 2 is 1.60 bits per heavy atom. The van der Waals surface area contributed by atoms with Crippen LogP contribution in [-0.4, -0.2) is 5.54 Å². The molecule has 0 spiro atoms. The van der Waals surface area contributed by atoms with Gasteiger partial charge in [0, 0.05) is 5.54 Å². The average molecular weight is 137 g/mol. The molecule has 2 unspecified atom stereocenters. The lowest BCUT2D eigenvalue weighted by atomic mass is 9.77. The van der Waals surface area contributed by atoms with E-state index in [0.29, 0.717) is 5.54 Å². The standard InChI is InChI=1S/C9H15N/c10-9-3-6-1-7(4-9)8(2-6)5-9/h6-8H,1-5,10H2. The van der Waals surface area contributed by atoms with Crippen LogP contribution in [0.3, 0.4) is 0 Å². The molecule has 0 amide bonds. The minimum Gasteiger partial charge on any atom is -0.325 e. The van der Waals surface area contributed by atoms with E-state index >= 15 is 0 Å². The van der Waals surface area contributed by atoms with Gasteiger partial charge < -0.3 is 5.73 Å². The summed E-state index contributed by atoms with van der Waals surface area (Å²) in [6.07, 6.45) is 7.09. The van der Waals surface area contributed by atoms with Crippen molar-refractivity contribution in [2.45, 2.75) is 37.6 Å². The fourth-order valence-electron chi connectivity index (χ4n) is 3.87. The largest absolute Gasteiger partial charge is 0.325 e. The predicted octanol–water partition coefficient (Wildman–Crippen LogP) is 1.52. The van der Waals surface area contributed by atoms with E-state index in [2.05, 4.69) is 0 Å². The van der Waals surface area contributed by atoms with Gasteiger partial charge in [0.15, 0.2) is 0 Å². The van der Waals surface area contributed by atoms with Gasteiger partial charge in [-0.1, -0.05) is 0 Å². The summed E-state index contributed by atoms with van der Waals surface area (Å²) < 4.78 is 0. The van der Waals surface area contributed by atoms with E-state index in [1.807, 2.05) is 0 Å². The molecule has 2 N–H and O–H groups in total. The Bertz CT molecular complexity index is 156. The van der Waals surface area contributed by atoms with E-state index < -0.39 is 0 Å². The highest BCUT2D eigenvalue weighted by Gasteiger charge is 2.53. The first-order valence-electron chi connectivity index (χ1n) is 4.54. The van der Waals surface area contributed by atoms with Crippen LogP contribution in [0.15, 0.2) is 0 Å². The summed E-state index contributed by atoms with van der Waals surface area (Å²) in [6, 6.07) is 0. The summed E-state index contributed by atoms with van der Waals surface area (Å²) in [5, 5.41) is 0. The van der Waals surface area contributed by atoms with Gasteiger partial charge in [-0.3, -0.25) is 0 Å². The molecule has 0 aromatic rings. The highest BCUT2D eigenvalue weighted by molar-refractivity contribution is 5.08. The van der Waals surface area contributed by atoms with E-state index in [4.69, 9.17) is 5.73 Å². The lowest BCUT2D eigenvalue weighted by molar-refractivity contribution is 0.234. The number of hydrogen-bond donors (Lipinski definition) is 1. The smallest absolute Gasteiger partial charge is 0.0162 e. The van der Waals surface area contributed by atoms with Gasteiger partial charge in [0.25, 0.3) is 0 Å². The normalized spacial score (nSPS) is 63.9. The van der Waals surface area contributed by atoms with Crippen LogP contribution in [0.4, 0.5) is 0 Å². The molecule has 4 saturated carbocycles. The number of hydrogen-bond acceptors (Lipinski definition) is 1. The van der Waals surface area contributed by atoms with Crippen LogP contribution < -0.4 is 5.73 Å². The van der Waals surface area contributed by atoms with Crippen LogP contribution in [0, 0.1) is 17.8 Å². The third kappa shape index (κ3) is 0.531. The highest BCUT2D eigenvalue weighted by atomic mass is 14.8. The zero-order valence-corrected chi connectivity index (χ0v) is 6.34. The molecule has 10 heavy (non-hydrogen) atoms. The van der Waals surface area contributed by atoms with Crippen LogP contribution in [0.1, 0.15) is 32.1 Å². The monoisotopic (exact) mass is 137 g/mol. The molecule has 0 aliphatic heterocycles. The van der Waals surface area contributed by atoms with E-state index in [1.165, 1.54) is 32.1 Å². The van der Waals surface area contributed by atoms with Gasteiger partial charge >= 0.3 is 0 Å².